The van der Waals surface area contributed by atoms with Gasteiger partial charge in [-0.3, -0.25) is 0 Å². The van der Waals surface area contributed by atoms with E-state index in [9.17, 15) is 5.11 Å². The third kappa shape index (κ3) is 4.45. The van der Waals surface area contributed by atoms with E-state index in [2.05, 4.69) is 43.4 Å². The van der Waals surface area contributed by atoms with Crippen LogP contribution in [0.25, 0.3) is 0 Å². The van der Waals surface area contributed by atoms with E-state index in [1.165, 1.54) is 11.1 Å². The van der Waals surface area contributed by atoms with Crippen LogP contribution in [0.15, 0.2) is 24.3 Å². The summed E-state index contributed by atoms with van der Waals surface area (Å²) in [5.74, 6) is 0. The zero-order valence-electron chi connectivity index (χ0n) is 9.83. The van der Waals surface area contributed by atoms with Crippen molar-refractivity contribution in [1.82, 2.24) is 5.32 Å². The van der Waals surface area contributed by atoms with Crippen molar-refractivity contribution in [2.75, 3.05) is 0 Å². The zero-order valence-corrected chi connectivity index (χ0v) is 9.83. The monoisotopic (exact) mass is 207 g/mol. The summed E-state index contributed by atoms with van der Waals surface area (Å²) in [5.41, 5.74) is 2.64. The molecular weight excluding hydrogens is 186 g/mol. The highest BCUT2D eigenvalue weighted by Crippen LogP contribution is 2.07. The van der Waals surface area contributed by atoms with Gasteiger partial charge >= 0.3 is 0 Å². The highest BCUT2D eigenvalue weighted by atomic mass is 16.3. The van der Waals surface area contributed by atoms with E-state index in [-0.39, 0.29) is 6.10 Å². The van der Waals surface area contributed by atoms with E-state index in [0.29, 0.717) is 6.04 Å². The molecule has 0 saturated carbocycles. The van der Waals surface area contributed by atoms with Gasteiger partial charge in [0, 0.05) is 12.6 Å². The molecule has 2 nitrogen and oxygen atoms in total. The molecule has 0 aliphatic carbocycles. The van der Waals surface area contributed by atoms with E-state index >= 15 is 0 Å². The third-order valence-electron chi connectivity index (χ3n) is 2.60. The summed E-state index contributed by atoms with van der Waals surface area (Å²) in [4.78, 5) is 0. The highest BCUT2D eigenvalue weighted by molar-refractivity contribution is 5.25. The second-order valence-corrected chi connectivity index (χ2v) is 4.29. The van der Waals surface area contributed by atoms with Gasteiger partial charge in [0.1, 0.15) is 0 Å². The SMILES string of the molecule is Cc1ccccc1CNC(C)CC(C)O. The number of rotatable bonds is 5. The number of benzene rings is 1. The number of hydrogen-bond acceptors (Lipinski definition) is 2. The molecule has 0 saturated heterocycles. The van der Waals surface area contributed by atoms with Gasteiger partial charge in [0.25, 0.3) is 0 Å². The van der Waals surface area contributed by atoms with E-state index in [1.807, 2.05) is 6.92 Å². The Morgan fingerprint density at radius 2 is 1.93 bits per heavy atom. The maximum absolute atomic E-state index is 9.23. The van der Waals surface area contributed by atoms with Crippen molar-refractivity contribution in [3.05, 3.63) is 35.4 Å². The first kappa shape index (κ1) is 12.2. The average Bonchev–Trinajstić information content (AvgIpc) is 2.15. The largest absolute Gasteiger partial charge is 0.393 e. The summed E-state index contributed by atoms with van der Waals surface area (Å²) in [5, 5.41) is 12.6. The molecule has 0 spiro atoms. The second kappa shape index (κ2) is 5.89. The summed E-state index contributed by atoms with van der Waals surface area (Å²) in [6, 6.07) is 8.72. The smallest absolute Gasteiger partial charge is 0.0526 e. The summed E-state index contributed by atoms with van der Waals surface area (Å²) in [7, 11) is 0. The molecule has 0 heterocycles. The van der Waals surface area contributed by atoms with Gasteiger partial charge in [-0.25, -0.2) is 0 Å². The Balaban J connectivity index is 2.40. The molecule has 0 aliphatic heterocycles. The van der Waals surface area contributed by atoms with Crippen LogP contribution in [-0.2, 0) is 6.54 Å². The van der Waals surface area contributed by atoms with Crippen molar-refractivity contribution < 1.29 is 5.11 Å². The zero-order chi connectivity index (χ0) is 11.3. The first-order chi connectivity index (χ1) is 7.09. The van der Waals surface area contributed by atoms with E-state index in [4.69, 9.17) is 0 Å². The van der Waals surface area contributed by atoms with Gasteiger partial charge in [0.05, 0.1) is 6.10 Å². The number of aryl methyl sites for hydroxylation is 1. The fourth-order valence-electron chi connectivity index (χ4n) is 1.69. The third-order valence-corrected chi connectivity index (χ3v) is 2.60. The van der Waals surface area contributed by atoms with Crippen molar-refractivity contribution in [3.8, 4) is 0 Å². The molecule has 1 aromatic rings. The Morgan fingerprint density at radius 1 is 1.27 bits per heavy atom. The minimum atomic E-state index is -0.232. The number of nitrogens with one attached hydrogen (secondary N) is 1. The van der Waals surface area contributed by atoms with Crippen LogP contribution in [0.2, 0.25) is 0 Å². The van der Waals surface area contributed by atoms with E-state index < -0.39 is 0 Å². The Hall–Kier alpha value is -0.860. The highest BCUT2D eigenvalue weighted by Gasteiger charge is 2.05. The molecule has 84 valence electrons. The molecule has 2 heteroatoms. The van der Waals surface area contributed by atoms with Gasteiger partial charge in [0.2, 0.25) is 0 Å². The summed E-state index contributed by atoms with van der Waals surface area (Å²) in [6.45, 7) is 6.92. The van der Waals surface area contributed by atoms with Crippen LogP contribution in [0.4, 0.5) is 0 Å². The Kier molecular flexibility index (Phi) is 4.79. The van der Waals surface area contributed by atoms with Crippen LogP contribution in [0.5, 0.6) is 0 Å². The average molecular weight is 207 g/mol. The predicted molar refractivity (Wildman–Crippen MR) is 63.8 cm³/mol. The van der Waals surface area contributed by atoms with Gasteiger partial charge < -0.3 is 10.4 Å². The van der Waals surface area contributed by atoms with Crippen LogP contribution in [0.3, 0.4) is 0 Å². The van der Waals surface area contributed by atoms with Crippen LogP contribution in [0, 0.1) is 6.92 Å². The molecule has 2 atom stereocenters. The molecule has 2 unspecified atom stereocenters. The predicted octanol–water partition coefficient (Wildman–Crippen LogP) is 2.24. The van der Waals surface area contributed by atoms with Gasteiger partial charge in [-0.2, -0.15) is 0 Å². The molecule has 0 aromatic heterocycles. The molecule has 2 N–H and O–H groups in total. The second-order valence-electron chi connectivity index (χ2n) is 4.29. The number of hydrogen-bond donors (Lipinski definition) is 2. The quantitative estimate of drug-likeness (QED) is 0.776. The first-order valence-corrected chi connectivity index (χ1v) is 5.55. The lowest BCUT2D eigenvalue weighted by atomic mass is 10.1. The van der Waals surface area contributed by atoms with Gasteiger partial charge in [0.15, 0.2) is 0 Å². The molecule has 0 aliphatic rings. The Bertz CT molecular complexity index is 296. The van der Waals surface area contributed by atoms with Crippen LogP contribution < -0.4 is 5.32 Å². The normalized spacial score (nSPS) is 14.9. The molecule has 0 radical (unpaired) electrons. The number of aliphatic hydroxyl groups is 1. The van der Waals surface area contributed by atoms with Crippen molar-refractivity contribution in [2.45, 2.75) is 45.9 Å². The molecule has 15 heavy (non-hydrogen) atoms. The minimum absolute atomic E-state index is 0.232. The van der Waals surface area contributed by atoms with Gasteiger partial charge in [-0.15, -0.1) is 0 Å². The summed E-state index contributed by atoms with van der Waals surface area (Å²) in [6.07, 6.45) is 0.565. The van der Waals surface area contributed by atoms with Crippen molar-refractivity contribution >= 4 is 0 Å². The van der Waals surface area contributed by atoms with Crippen LogP contribution in [-0.4, -0.2) is 17.3 Å². The molecule has 1 aromatic carbocycles. The maximum atomic E-state index is 9.23. The minimum Gasteiger partial charge on any atom is -0.393 e. The number of aliphatic hydroxyl groups excluding tert-OH is 1. The Labute approximate surface area is 92.3 Å². The molecule has 0 amide bonds. The van der Waals surface area contributed by atoms with Crippen molar-refractivity contribution in [2.24, 2.45) is 0 Å². The maximum Gasteiger partial charge on any atom is 0.0526 e. The van der Waals surface area contributed by atoms with Crippen LogP contribution >= 0.6 is 0 Å². The molecule has 1 rings (SSSR count). The first-order valence-electron chi connectivity index (χ1n) is 5.55. The molecular formula is C13H21NO. The standard InChI is InChI=1S/C13H21NO/c1-10-6-4-5-7-13(10)9-14-11(2)8-12(3)15/h4-7,11-12,14-15H,8-9H2,1-3H3. The van der Waals surface area contributed by atoms with Crippen molar-refractivity contribution in [3.63, 3.8) is 0 Å². The summed E-state index contributed by atoms with van der Waals surface area (Å²) < 4.78 is 0. The van der Waals surface area contributed by atoms with E-state index in [1.54, 1.807) is 0 Å². The lowest BCUT2D eigenvalue weighted by molar-refractivity contribution is 0.170. The van der Waals surface area contributed by atoms with Gasteiger partial charge in [-0.05, 0) is 38.3 Å². The molecule has 0 fully saturated rings. The summed E-state index contributed by atoms with van der Waals surface area (Å²) >= 11 is 0. The lowest BCUT2D eigenvalue weighted by Crippen LogP contribution is -2.28. The fourth-order valence-corrected chi connectivity index (χ4v) is 1.69. The van der Waals surface area contributed by atoms with E-state index in [0.717, 1.165) is 13.0 Å². The fraction of sp³-hybridized carbons (Fsp3) is 0.538. The lowest BCUT2D eigenvalue weighted by Gasteiger charge is -2.16. The van der Waals surface area contributed by atoms with Crippen LogP contribution in [0.1, 0.15) is 31.4 Å². The van der Waals surface area contributed by atoms with Gasteiger partial charge in [-0.1, -0.05) is 24.3 Å². The van der Waals surface area contributed by atoms with Crippen molar-refractivity contribution in [1.29, 1.82) is 0 Å². The topological polar surface area (TPSA) is 32.3 Å². The Morgan fingerprint density at radius 3 is 2.53 bits per heavy atom. The molecule has 0 bridgehead atoms.